The summed E-state index contributed by atoms with van der Waals surface area (Å²) >= 11 is 3.35. The second-order valence-corrected chi connectivity index (χ2v) is 8.08. The Morgan fingerprint density at radius 2 is 1.77 bits per heavy atom. The lowest BCUT2D eigenvalue weighted by molar-refractivity contribution is -0.116. The summed E-state index contributed by atoms with van der Waals surface area (Å²) < 4.78 is 2.96. The predicted octanol–water partition coefficient (Wildman–Crippen LogP) is 3.90. The van der Waals surface area contributed by atoms with Crippen molar-refractivity contribution >= 4 is 44.7 Å². The number of aromatic nitrogens is 2. The summed E-state index contributed by atoms with van der Waals surface area (Å²) in [6.45, 7) is 8.09. The first kappa shape index (κ1) is 23.0. The maximum absolute atomic E-state index is 12.5. The van der Waals surface area contributed by atoms with E-state index in [1.54, 1.807) is 12.1 Å². The fourth-order valence-electron chi connectivity index (χ4n) is 3.36. The van der Waals surface area contributed by atoms with Crippen LogP contribution in [0, 0.1) is 0 Å². The highest BCUT2D eigenvalue weighted by atomic mass is 79.9. The van der Waals surface area contributed by atoms with Crippen LogP contribution in [0.2, 0.25) is 0 Å². The summed E-state index contributed by atoms with van der Waals surface area (Å²) in [4.78, 5) is 31.6. The number of hydrogen-bond acceptors (Lipinski definition) is 4. The topological polar surface area (TPSA) is 79.3 Å². The molecule has 2 N–H and O–H groups in total. The van der Waals surface area contributed by atoms with Gasteiger partial charge in [0, 0.05) is 36.1 Å². The molecule has 0 aliphatic carbocycles. The van der Waals surface area contributed by atoms with Crippen LogP contribution in [-0.2, 0) is 11.3 Å². The SMILES string of the molecule is CCN(CC)CCn1c(NC(=O)CCNC(=O)c2ccc(Br)cc2)nc2ccccc21. The molecule has 1 heterocycles. The lowest BCUT2D eigenvalue weighted by Crippen LogP contribution is -2.29. The lowest BCUT2D eigenvalue weighted by atomic mass is 10.2. The minimum atomic E-state index is -0.202. The van der Waals surface area contributed by atoms with Crippen molar-refractivity contribution in [2.75, 3.05) is 31.5 Å². The van der Waals surface area contributed by atoms with E-state index in [1.807, 2.05) is 41.0 Å². The quantitative estimate of drug-likeness (QED) is 0.456. The second kappa shape index (κ2) is 11.1. The van der Waals surface area contributed by atoms with Crippen molar-refractivity contribution in [3.8, 4) is 0 Å². The number of rotatable bonds is 10. The number of halogens is 1. The molecule has 1 aromatic heterocycles. The van der Waals surface area contributed by atoms with Gasteiger partial charge >= 0.3 is 0 Å². The van der Waals surface area contributed by atoms with Crippen molar-refractivity contribution in [1.29, 1.82) is 0 Å². The third-order valence-corrected chi connectivity index (χ3v) is 5.71. The Morgan fingerprint density at radius 3 is 2.48 bits per heavy atom. The van der Waals surface area contributed by atoms with E-state index in [9.17, 15) is 9.59 Å². The molecule has 3 rings (SSSR count). The Balaban J connectivity index is 1.61. The largest absolute Gasteiger partial charge is 0.352 e. The fraction of sp³-hybridized carbons (Fsp3) is 0.348. The van der Waals surface area contributed by atoms with E-state index in [4.69, 9.17) is 0 Å². The molecule has 31 heavy (non-hydrogen) atoms. The minimum absolute atomic E-state index is 0.168. The number of para-hydroxylation sites is 2. The highest BCUT2D eigenvalue weighted by Crippen LogP contribution is 2.20. The third kappa shape index (κ3) is 6.15. The monoisotopic (exact) mass is 485 g/mol. The zero-order valence-corrected chi connectivity index (χ0v) is 19.5. The Bertz CT molecular complexity index is 1030. The Labute approximate surface area is 191 Å². The number of likely N-dealkylation sites (N-methyl/N-ethyl adjacent to an activating group) is 1. The van der Waals surface area contributed by atoms with Crippen molar-refractivity contribution in [3.63, 3.8) is 0 Å². The van der Waals surface area contributed by atoms with Gasteiger partial charge < -0.3 is 14.8 Å². The van der Waals surface area contributed by atoms with Gasteiger partial charge in [0.25, 0.3) is 5.91 Å². The number of nitrogens with zero attached hydrogens (tertiary/aromatic N) is 3. The van der Waals surface area contributed by atoms with Gasteiger partial charge in [-0.2, -0.15) is 0 Å². The molecule has 8 heteroatoms. The standard InChI is InChI=1S/C23H28BrN5O2/c1-3-28(4-2)15-16-29-20-8-6-5-7-19(20)26-23(29)27-21(30)13-14-25-22(31)17-9-11-18(24)12-10-17/h5-12H,3-4,13-16H2,1-2H3,(H,25,31)(H,26,27,30). The molecule has 3 aromatic rings. The van der Waals surface area contributed by atoms with Crippen LogP contribution < -0.4 is 10.6 Å². The van der Waals surface area contributed by atoms with Gasteiger partial charge in [-0.3, -0.25) is 14.9 Å². The van der Waals surface area contributed by atoms with Crippen molar-refractivity contribution in [2.24, 2.45) is 0 Å². The zero-order chi connectivity index (χ0) is 22.2. The van der Waals surface area contributed by atoms with E-state index < -0.39 is 0 Å². The van der Waals surface area contributed by atoms with Gasteiger partial charge in [0.1, 0.15) is 0 Å². The lowest BCUT2D eigenvalue weighted by Gasteiger charge is -2.19. The zero-order valence-electron chi connectivity index (χ0n) is 17.9. The van der Waals surface area contributed by atoms with E-state index in [0.29, 0.717) is 11.5 Å². The van der Waals surface area contributed by atoms with Gasteiger partial charge in [-0.15, -0.1) is 0 Å². The smallest absolute Gasteiger partial charge is 0.251 e. The molecule has 0 unspecified atom stereocenters. The third-order valence-electron chi connectivity index (χ3n) is 5.18. The van der Waals surface area contributed by atoms with Crippen LogP contribution in [0.25, 0.3) is 11.0 Å². The van der Waals surface area contributed by atoms with Crippen LogP contribution in [0.1, 0.15) is 30.6 Å². The number of amides is 2. The molecule has 0 bridgehead atoms. The highest BCUT2D eigenvalue weighted by molar-refractivity contribution is 9.10. The number of benzene rings is 2. The summed E-state index contributed by atoms with van der Waals surface area (Å²) in [5.74, 6) is 0.153. The Kier molecular flexibility index (Phi) is 8.20. The molecule has 2 aromatic carbocycles. The van der Waals surface area contributed by atoms with Crippen LogP contribution in [0.5, 0.6) is 0 Å². The summed E-state index contributed by atoms with van der Waals surface area (Å²) in [5, 5.41) is 5.70. The summed E-state index contributed by atoms with van der Waals surface area (Å²) in [7, 11) is 0. The summed E-state index contributed by atoms with van der Waals surface area (Å²) in [6.07, 6.45) is 0.168. The predicted molar refractivity (Wildman–Crippen MR) is 127 cm³/mol. The van der Waals surface area contributed by atoms with Crippen molar-refractivity contribution < 1.29 is 9.59 Å². The molecule has 7 nitrogen and oxygen atoms in total. The number of anilines is 1. The summed E-state index contributed by atoms with van der Waals surface area (Å²) in [6, 6.07) is 15.0. The van der Waals surface area contributed by atoms with Gasteiger partial charge in [0.2, 0.25) is 11.9 Å². The number of nitrogens with one attached hydrogen (secondary N) is 2. The van der Waals surface area contributed by atoms with Crippen LogP contribution in [-0.4, -0.2) is 52.4 Å². The van der Waals surface area contributed by atoms with Gasteiger partial charge in [-0.1, -0.05) is 41.9 Å². The first-order valence-corrected chi connectivity index (χ1v) is 11.3. The molecule has 164 valence electrons. The van der Waals surface area contributed by atoms with E-state index in [1.165, 1.54) is 0 Å². The second-order valence-electron chi connectivity index (χ2n) is 7.16. The maximum atomic E-state index is 12.5. The van der Waals surface area contributed by atoms with E-state index in [0.717, 1.165) is 41.7 Å². The van der Waals surface area contributed by atoms with Gasteiger partial charge in [-0.25, -0.2) is 4.98 Å². The average Bonchev–Trinajstić information content (AvgIpc) is 3.11. The minimum Gasteiger partial charge on any atom is -0.352 e. The first-order chi connectivity index (χ1) is 15.0. The molecule has 0 saturated heterocycles. The molecule has 0 fully saturated rings. The molecule has 0 saturated carbocycles. The summed E-state index contributed by atoms with van der Waals surface area (Å²) in [5.41, 5.74) is 2.40. The average molecular weight is 486 g/mol. The number of carbonyl (C=O) groups excluding carboxylic acids is 2. The molecule has 0 aliphatic heterocycles. The molecule has 0 spiro atoms. The Hall–Kier alpha value is -2.71. The highest BCUT2D eigenvalue weighted by Gasteiger charge is 2.14. The van der Waals surface area contributed by atoms with Gasteiger partial charge in [0.15, 0.2) is 0 Å². The van der Waals surface area contributed by atoms with E-state index >= 15 is 0 Å². The van der Waals surface area contributed by atoms with Crippen molar-refractivity contribution in [1.82, 2.24) is 19.8 Å². The molecular formula is C23H28BrN5O2. The number of imidazole rings is 1. The number of carbonyl (C=O) groups is 2. The Morgan fingerprint density at radius 1 is 1.06 bits per heavy atom. The number of fused-ring (bicyclic) bond motifs is 1. The van der Waals surface area contributed by atoms with Gasteiger partial charge in [-0.05, 0) is 49.5 Å². The van der Waals surface area contributed by atoms with E-state index in [2.05, 4.69) is 50.3 Å². The molecule has 0 radical (unpaired) electrons. The van der Waals surface area contributed by atoms with Crippen molar-refractivity contribution in [3.05, 3.63) is 58.6 Å². The van der Waals surface area contributed by atoms with Crippen LogP contribution in [0.15, 0.2) is 53.0 Å². The first-order valence-electron chi connectivity index (χ1n) is 10.5. The molecule has 2 amide bonds. The van der Waals surface area contributed by atoms with E-state index in [-0.39, 0.29) is 24.8 Å². The normalized spacial score (nSPS) is 11.1. The van der Waals surface area contributed by atoms with Crippen LogP contribution >= 0.6 is 15.9 Å². The molecule has 0 aliphatic rings. The fourth-order valence-corrected chi connectivity index (χ4v) is 3.62. The van der Waals surface area contributed by atoms with Crippen LogP contribution in [0.3, 0.4) is 0 Å². The number of hydrogen-bond donors (Lipinski definition) is 2. The maximum Gasteiger partial charge on any atom is 0.251 e. The van der Waals surface area contributed by atoms with Gasteiger partial charge in [0.05, 0.1) is 11.0 Å². The van der Waals surface area contributed by atoms with Crippen LogP contribution in [0.4, 0.5) is 5.95 Å². The molecule has 0 atom stereocenters. The molecular weight excluding hydrogens is 458 g/mol. The van der Waals surface area contributed by atoms with Crippen molar-refractivity contribution in [2.45, 2.75) is 26.8 Å².